The van der Waals surface area contributed by atoms with Crippen molar-refractivity contribution in [3.63, 3.8) is 0 Å². The first-order valence-electron chi connectivity index (χ1n) is 9.86. The second-order valence-corrected chi connectivity index (χ2v) is 7.54. The summed E-state index contributed by atoms with van der Waals surface area (Å²) in [6.45, 7) is 1.70. The third-order valence-electron chi connectivity index (χ3n) is 5.38. The van der Waals surface area contributed by atoms with Crippen LogP contribution in [0.3, 0.4) is 0 Å². The van der Waals surface area contributed by atoms with E-state index in [9.17, 15) is 9.90 Å². The van der Waals surface area contributed by atoms with Crippen molar-refractivity contribution in [1.82, 2.24) is 24.9 Å². The molecule has 0 bridgehead atoms. The lowest BCUT2D eigenvalue weighted by molar-refractivity contribution is -0.134. The molecule has 3 heterocycles. The molecule has 1 aliphatic heterocycles. The lowest BCUT2D eigenvalue weighted by Crippen LogP contribution is -2.50. The van der Waals surface area contributed by atoms with E-state index in [1.54, 1.807) is 12.4 Å². The number of aryl methyl sites for hydroxylation is 1. The fourth-order valence-electron chi connectivity index (χ4n) is 3.90. The number of aliphatic hydroxyl groups excluding tert-OH is 1. The molecule has 0 spiro atoms. The number of rotatable bonds is 8. The van der Waals surface area contributed by atoms with E-state index in [2.05, 4.69) is 34.1 Å². The molecule has 0 aliphatic carbocycles. The molecule has 2 aromatic heterocycles. The van der Waals surface area contributed by atoms with Crippen molar-refractivity contribution in [3.8, 4) is 11.4 Å². The molecule has 0 saturated carbocycles. The summed E-state index contributed by atoms with van der Waals surface area (Å²) in [5.41, 5.74) is 0.793. The van der Waals surface area contributed by atoms with E-state index < -0.39 is 0 Å². The Balaban J connectivity index is 1.54. The molecule has 1 saturated heterocycles. The van der Waals surface area contributed by atoms with Gasteiger partial charge in [-0.1, -0.05) is 5.16 Å². The average Bonchev–Trinajstić information content (AvgIpc) is 3.20. The van der Waals surface area contributed by atoms with Crippen molar-refractivity contribution in [1.29, 1.82) is 0 Å². The summed E-state index contributed by atoms with van der Waals surface area (Å²) in [5, 5.41) is 13.1. The van der Waals surface area contributed by atoms with Crippen LogP contribution in [0.15, 0.2) is 29.0 Å². The lowest BCUT2D eigenvalue weighted by atomic mass is 9.87. The largest absolute Gasteiger partial charge is 0.396 e. The SMILES string of the molecule is CN(C)[C@H]1CCN(C(=O)CCc2nc(-c3cccnc3)no2)C[C@H]1CCCO. The van der Waals surface area contributed by atoms with Gasteiger partial charge in [-0.15, -0.1) is 0 Å². The highest BCUT2D eigenvalue weighted by Gasteiger charge is 2.32. The molecule has 2 aromatic rings. The van der Waals surface area contributed by atoms with Crippen LogP contribution in [0.5, 0.6) is 0 Å². The van der Waals surface area contributed by atoms with Crippen molar-refractivity contribution in [2.75, 3.05) is 33.8 Å². The van der Waals surface area contributed by atoms with Crippen molar-refractivity contribution in [2.45, 2.75) is 38.1 Å². The summed E-state index contributed by atoms with van der Waals surface area (Å²) in [6.07, 6.45) is 6.82. The second-order valence-electron chi connectivity index (χ2n) is 7.54. The Labute approximate surface area is 165 Å². The van der Waals surface area contributed by atoms with E-state index in [1.807, 2.05) is 17.0 Å². The molecule has 0 unspecified atom stereocenters. The first-order valence-corrected chi connectivity index (χ1v) is 9.86. The number of piperidine rings is 1. The zero-order chi connectivity index (χ0) is 19.9. The van der Waals surface area contributed by atoms with Gasteiger partial charge in [0.15, 0.2) is 0 Å². The molecule has 1 amide bonds. The van der Waals surface area contributed by atoms with Gasteiger partial charge < -0.3 is 19.4 Å². The molecule has 8 nitrogen and oxygen atoms in total. The monoisotopic (exact) mass is 387 g/mol. The molecular weight excluding hydrogens is 358 g/mol. The number of pyridine rings is 1. The number of hydrogen-bond donors (Lipinski definition) is 1. The highest BCUT2D eigenvalue weighted by atomic mass is 16.5. The van der Waals surface area contributed by atoms with Gasteiger partial charge in [-0.3, -0.25) is 9.78 Å². The molecule has 1 aliphatic rings. The zero-order valence-corrected chi connectivity index (χ0v) is 16.6. The third kappa shape index (κ3) is 5.14. The first kappa shape index (κ1) is 20.4. The van der Waals surface area contributed by atoms with Crippen LogP contribution in [0.1, 0.15) is 31.6 Å². The van der Waals surface area contributed by atoms with E-state index in [4.69, 9.17) is 4.52 Å². The van der Waals surface area contributed by atoms with Crippen LogP contribution in [0.2, 0.25) is 0 Å². The van der Waals surface area contributed by atoms with E-state index in [-0.39, 0.29) is 12.5 Å². The molecule has 0 radical (unpaired) electrons. The van der Waals surface area contributed by atoms with Crippen LogP contribution < -0.4 is 0 Å². The smallest absolute Gasteiger partial charge is 0.227 e. The number of carbonyl (C=O) groups is 1. The minimum atomic E-state index is 0.118. The molecule has 8 heteroatoms. The topological polar surface area (TPSA) is 95.6 Å². The minimum Gasteiger partial charge on any atom is -0.396 e. The minimum absolute atomic E-state index is 0.118. The van der Waals surface area contributed by atoms with Crippen LogP contribution >= 0.6 is 0 Å². The van der Waals surface area contributed by atoms with Gasteiger partial charge in [0.25, 0.3) is 0 Å². The molecule has 1 N–H and O–H groups in total. The number of nitrogens with zero attached hydrogens (tertiary/aromatic N) is 5. The number of likely N-dealkylation sites (tertiary alicyclic amines) is 1. The maximum atomic E-state index is 12.7. The van der Waals surface area contributed by atoms with Crippen molar-refractivity contribution in [2.24, 2.45) is 5.92 Å². The molecule has 0 aromatic carbocycles. The Morgan fingerprint density at radius 3 is 3.00 bits per heavy atom. The molecule has 152 valence electrons. The number of aromatic nitrogens is 3. The highest BCUT2D eigenvalue weighted by Crippen LogP contribution is 2.25. The summed E-state index contributed by atoms with van der Waals surface area (Å²) in [5.74, 6) is 1.46. The summed E-state index contributed by atoms with van der Waals surface area (Å²) in [6, 6.07) is 4.14. The number of carbonyl (C=O) groups excluding carboxylic acids is 1. The van der Waals surface area contributed by atoms with E-state index >= 15 is 0 Å². The molecule has 2 atom stereocenters. The second kappa shape index (κ2) is 9.75. The molecule has 28 heavy (non-hydrogen) atoms. The standard InChI is InChI=1S/C20H29N5O3/c1-24(2)17-9-11-25(14-16(17)6-4-12-26)19(27)8-7-18-22-20(23-28-18)15-5-3-10-21-13-15/h3,5,10,13,16-17,26H,4,6-9,11-12,14H2,1-2H3/t16-,17+/m1/s1. The number of aliphatic hydroxyl groups is 1. The molecule has 1 fully saturated rings. The highest BCUT2D eigenvalue weighted by molar-refractivity contribution is 5.76. The normalized spacial score (nSPS) is 19.9. The third-order valence-corrected chi connectivity index (χ3v) is 5.38. The van der Waals surface area contributed by atoms with Gasteiger partial charge in [0, 0.05) is 56.5 Å². The van der Waals surface area contributed by atoms with Crippen LogP contribution in [0.25, 0.3) is 11.4 Å². The Morgan fingerprint density at radius 1 is 1.43 bits per heavy atom. The van der Waals surface area contributed by atoms with Gasteiger partial charge >= 0.3 is 0 Å². The predicted molar refractivity (Wildman–Crippen MR) is 104 cm³/mol. The van der Waals surface area contributed by atoms with Gasteiger partial charge in [0.05, 0.1) is 0 Å². The van der Waals surface area contributed by atoms with Crippen LogP contribution in [0, 0.1) is 5.92 Å². The van der Waals surface area contributed by atoms with Crippen LogP contribution in [0.4, 0.5) is 0 Å². The molecule has 3 rings (SSSR count). The Kier molecular flexibility index (Phi) is 7.11. The van der Waals surface area contributed by atoms with Gasteiger partial charge in [-0.05, 0) is 51.4 Å². The number of hydrogen-bond acceptors (Lipinski definition) is 7. The average molecular weight is 387 g/mol. The maximum absolute atomic E-state index is 12.7. The lowest BCUT2D eigenvalue weighted by Gasteiger charge is -2.41. The zero-order valence-electron chi connectivity index (χ0n) is 16.6. The Bertz CT molecular complexity index is 749. The van der Waals surface area contributed by atoms with Gasteiger partial charge in [-0.25, -0.2) is 0 Å². The first-order chi connectivity index (χ1) is 13.6. The van der Waals surface area contributed by atoms with Gasteiger partial charge in [-0.2, -0.15) is 4.98 Å². The van der Waals surface area contributed by atoms with E-state index in [0.29, 0.717) is 36.5 Å². The summed E-state index contributed by atoms with van der Waals surface area (Å²) in [4.78, 5) is 25.3. The maximum Gasteiger partial charge on any atom is 0.227 e. The molecular formula is C20H29N5O3. The summed E-state index contributed by atoms with van der Waals surface area (Å²) in [7, 11) is 4.17. The predicted octanol–water partition coefficient (Wildman–Crippen LogP) is 1.62. The van der Waals surface area contributed by atoms with Crippen molar-refractivity contribution in [3.05, 3.63) is 30.4 Å². The van der Waals surface area contributed by atoms with Crippen molar-refractivity contribution < 1.29 is 14.4 Å². The van der Waals surface area contributed by atoms with Gasteiger partial charge in [0.1, 0.15) is 0 Å². The van der Waals surface area contributed by atoms with E-state index in [1.165, 1.54) is 0 Å². The Morgan fingerprint density at radius 2 is 2.29 bits per heavy atom. The summed E-state index contributed by atoms with van der Waals surface area (Å²) >= 11 is 0. The van der Waals surface area contributed by atoms with Crippen molar-refractivity contribution >= 4 is 5.91 Å². The quantitative estimate of drug-likeness (QED) is 0.735. The van der Waals surface area contributed by atoms with Crippen LogP contribution in [-0.4, -0.2) is 75.8 Å². The summed E-state index contributed by atoms with van der Waals surface area (Å²) < 4.78 is 5.29. The van der Waals surface area contributed by atoms with Gasteiger partial charge in [0.2, 0.25) is 17.6 Å². The fraction of sp³-hybridized carbons (Fsp3) is 0.600. The van der Waals surface area contributed by atoms with E-state index in [0.717, 1.165) is 37.9 Å². The van der Waals surface area contributed by atoms with Crippen LogP contribution in [-0.2, 0) is 11.2 Å². The fourth-order valence-corrected chi connectivity index (χ4v) is 3.90. The Hall–Kier alpha value is -2.32. The number of amides is 1.